The molecule has 3 heterocycles. The molecule has 11 heteroatoms. The van der Waals surface area contributed by atoms with Crippen molar-refractivity contribution in [3.8, 4) is 28.6 Å². The minimum Gasteiger partial charge on any atom is -0.478 e. The number of halogens is 1. The predicted molar refractivity (Wildman–Crippen MR) is 164 cm³/mol. The quantitative estimate of drug-likeness (QED) is 0.165. The predicted octanol–water partition coefficient (Wildman–Crippen LogP) is 6.83. The fourth-order valence-electron chi connectivity index (χ4n) is 4.92. The maximum atomic E-state index is 11.5. The third kappa shape index (κ3) is 5.89. The molecule has 0 aliphatic heterocycles. The van der Waals surface area contributed by atoms with Crippen molar-refractivity contribution in [3.05, 3.63) is 105 Å². The first kappa shape index (κ1) is 28.2. The van der Waals surface area contributed by atoms with E-state index in [2.05, 4.69) is 36.6 Å². The summed E-state index contributed by atoms with van der Waals surface area (Å²) in [5, 5.41) is 24.5. The summed E-state index contributed by atoms with van der Waals surface area (Å²) in [5.74, 6) is 1.50. The number of aromatic carboxylic acids is 1. The van der Waals surface area contributed by atoms with Gasteiger partial charge in [0.25, 0.3) is 0 Å². The molecule has 10 nitrogen and oxygen atoms in total. The van der Waals surface area contributed by atoms with E-state index in [-0.39, 0.29) is 12.2 Å². The highest BCUT2D eigenvalue weighted by Gasteiger charge is 2.18. The first-order chi connectivity index (χ1) is 20.9. The second-order valence-electron chi connectivity index (χ2n) is 9.94. The number of carbonyl (C=O) groups is 1. The lowest BCUT2D eigenvalue weighted by molar-refractivity contribution is 0.0696. The Labute approximate surface area is 255 Å². The molecule has 0 unspecified atom stereocenters. The summed E-state index contributed by atoms with van der Waals surface area (Å²) in [7, 11) is 0. The lowest BCUT2D eigenvalue weighted by atomic mass is 10.0. The molecule has 6 aromatic rings. The third-order valence-corrected chi connectivity index (χ3v) is 7.91. The topological polar surface area (TPSA) is 140 Å². The fourth-order valence-corrected chi connectivity index (χ4v) is 5.54. The molecule has 0 aliphatic carbocycles. The van der Waals surface area contributed by atoms with Gasteiger partial charge in [-0.25, -0.2) is 9.78 Å². The molecule has 3 aromatic heterocycles. The fraction of sp³-hybridized carbons (Fsp3) is 0.188. The number of benzene rings is 3. The van der Waals surface area contributed by atoms with E-state index in [0.29, 0.717) is 36.8 Å². The highest BCUT2D eigenvalue weighted by atomic mass is 79.9. The zero-order chi connectivity index (χ0) is 29.9. The molecule has 43 heavy (non-hydrogen) atoms. The average Bonchev–Trinajstić information content (AvgIpc) is 3.69. The Morgan fingerprint density at radius 2 is 1.79 bits per heavy atom. The summed E-state index contributed by atoms with van der Waals surface area (Å²) in [4.78, 5) is 21.0. The van der Waals surface area contributed by atoms with Gasteiger partial charge in [0.1, 0.15) is 23.8 Å². The number of nitrogens with zero attached hydrogens (tertiary/aromatic N) is 5. The number of nitrogens with one attached hydrogen (secondary N) is 1. The van der Waals surface area contributed by atoms with Crippen LogP contribution in [-0.4, -0.2) is 41.7 Å². The van der Waals surface area contributed by atoms with E-state index in [1.165, 1.54) is 0 Å². The molecule has 0 aliphatic rings. The Kier molecular flexibility index (Phi) is 7.97. The maximum Gasteiger partial charge on any atom is 0.335 e. The zero-order valence-electron chi connectivity index (χ0n) is 23.5. The Balaban J connectivity index is 1.27. The van der Waals surface area contributed by atoms with Crippen molar-refractivity contribution in [1.82, 2.24) is 30.6 Å². The lowest BCUT2D eigenvalue weighted by Gasteiger charge is -2.15. The minimum atomic E-state index is -0.962. The number of tetrazole rings is 1. The van der Waals surface area contributed by atoms with Crippen LogP contribution in [0.1, 0.15) is 52.4 Å². The molecule has 0 saturated heterocycles. The number of aromatic amines is 1. The summed E-state index contributed by atoms with van der Waals surface area (Å²) >= 11 is 3.74. The largest absolute Gasteiger partial charge is 0.478 e. The number of ether oxygens (including phenoxy) is 1. The van der Waals surface area contributed by atoms with Crippen LogP contribution >= 0.6 is 15.9 Å². The molecule has 0 bridgehead atoms. The first-order valence-electron chi connectivity index (χ1n) is 13.8. The van der Waals surface area contributed by atoms with Crippen LogP contribution in [0.15, 0.2) is 75.6 Å². The highest BCUT2D eigenvalue weighted by molar-refractivity contribution is 9.10. The smallest absolute Gasteiger partial charge is 0.335 e. The van der Waals surface area contributed by atoms with Crippen LogP contribution in [-0.2, 0) is 25.9 Å². The number of aryl methyl sites for hydroxylation is 2. The van der Waals surface area contributed by atoms with Crippen molar-refractivity contribution in [3.63, 3.8) is 0 Å². The van der Waals surface area contributed by atoms with E-state index >= 15 is 0 Å². The molecule has 216 valence electrons. The molecule has 0 fully saturated rings. The summed E-state index contributed by atoms with van der Waals surface area (Å²) < 4.78 is 13.4. The SMILES string of the molecule is CCc1nc(CC)c(Cc2cccc(C(=O)O)c2)c(OCc2ccc3oc(-c4ccc(-c5nn[nH]n5)cc4)c(Br)c3c2)n1. The van der Waals surface area contributed by atoms with Gasteiger partial charge in [-0.05, 0) is 63.0 Å². The van der Waals surface area contributed by atoms with Crippen LogP contribution in [0.3, 0.4) is 0 Å². The van der Waals surface area contributed by atoms with Gasteiger partial charge >= 0.3 is 5.97 Å². The van der Waals surface area contributed by atoms with Crippen molar-refractivity contribution in [2.75, 3.05) is 0 Å². The standard InChI is InChI=1S/C32H27BrN6O4/c1-3-25-23(15-18-6-5-7-22(14-18)32(40)41)31(35-27(4-2)34-25)42-17-19-8-13-26-24(16-19)28(33)29(43-26)20-9-11-21(12-10-20)30-36-38-39-37-30/h5-14,16H,3-4,15,17H2,1-2H3,(H,40,41)(H,36,37,38,39). The Morgan fingerprint density at radius 1 is 0.977 bits per heavy atom. The van der Waals surface area contributed by atoms with E-state index in [9.17, 15) is 9.90 Å². The lowest BCUT2D eigenvalue weighted by Crippen LogP contribution is -2.10. The van der Waals surface area contributed by atoms with Crippen LogP contribution in [0.2, 0.25) is 0 Å². The number of hydrogen-bond acceptors (Lipinski definition) is 8. The number of fused-ring (bicyclic) bond motifs is 1. The van der Waals surface area contributed by atoms with Crippen LogP contribution < -0.4 is 4.74 Å². The van der Waals surface area contributed by atoms with Crippen LogP contribution in [0, 0.1) is 0 Å². The molecular formula is C32H27BrN6O4. The molecule has 0 saturated carbocycles. The van der Waals surface area contributed by atoms with Gasteiger partial charge in [0.15, 0.2) is 0 Å². The average molecular weight is 640 g/mol. The van der Waals surface area contributed by atoms with Crippen molar-refractivity contribution in [2.45, 2.75) is 39.7 Å². The number of aromatic nitrogens is 6. The Morgan fingerprint density at radius 3 is 2.51 bits per heavy atom. The number of H-pyrrole nitrogens is 1. The molecular weight excluding hydrogens is 612 g/mol. The molecule has 0 radical (unpaired) electrons. The number of carboxylic acid groups (broad SMARTS) is 1. The summed E-state index contributed by atoms with van der Waals surface area (Å²) in [6.45, 7) is 4.34. The van der Waals surface area contributed by atoms with Gasteiger partial charge in [-0.1, -0.05) is 56.3 Å². The van der Waals surface area contributed by atoms with Gasteiger partial charge in [-0.15, -0.1) is 10.2 Å². The summed E-state index contributed by atoms with van der Waals surface area (Å²) in [6.07, 6.45) is 1.84. The first-order valence-corrected chi connectivity index (χ1v) is 14.6. The molecule has 2 N–H and O–H groups in total. The van der Waals surface area contributed by atoms with E-state index in [4.69, 9.17) is 19.1 Å². The number of furan rings is 1. The molecule has 0 spiro atoms. The van der Waals surface area contributed by atoms with Gasteiger partial charge < -0.3 is 14.3 Å². The van der Waals surface area contributed by atoms with Crippen LogP contribution in [0.5, 0.6) is 5.88 Å². The van der Waals surface area contributed by atoms with Gasteiger partial charge in [-0.3, -0.25) is 0 Å². The van der Waals surface area contributed by atoms with Crippen molar-refractivity contribution in [2.24, 2.45) is 0 Å². The van der Waals surface area contributed by atoms with Gasteiger partial charge in [0.2, 0.25) is 11.7 Å². The normalized spacial score (nSPS) is 11.2. The number of rotatable bonds is 10. The monoisotopic (exact) mass is 638 g/mol. The molecule has 0 amide bonds. The van der Waals surface area contributed by atoms with E-state index in [1.807, 2.05) is 62.4 Å². The van der Waals surface area contributed by atoms with Crippen molar-refractivity contribution >= 4 is 32.9 Å². The minimum absolute atomic E-state index is 0.241. The Hall–Kier alpha value is -4.90. The Bertz CT molecular complexity index is 1920. The van der Waals surface area contributed by atoms with E-state index in [1.54, 1.807) is 18.2 Å². The highest BCUT2D eigenvalue weighted by Crippen LogP contribution is 2.38. The zero-order valence-corrected chi connectivity index (χ0v) is 25.1. The van der Waals surface area contributed by atoms with Crippen LogP contribution in [0.4, 0.5) is 0 Å². The number of carboxylic acids is 1. The third-order valence-electron chi connectivity index (χ3n) is 7.13. The van der Waals surface area contributed by atoms with Crippen molar-refractivity contribution in [1.29, 1.82) is 0 Å². The summed E-state index contributed by atoms with van der Waals surface area (Å²) in [6, 6.07) is 20.6. The second-order valence-corrected chi connectivity index (χ2v) is 10.7. The summed E-state index contributed by atoms with van der Waals surface area (Å²) in [5.41, 5.74) is 6.30. The van der Waals surface area contributed by atoms with Gasteiger partial charge in [0.05, 0.1) is 15.7 Å². The molecule has 3 aromatic carbocycles. The van der Waals surface area contributed by atoms with Gasteiger partial charge in [-0.2, -0.15) is 10.2 Å². The van der Waals surface area contributed by atoms with Gasteiger partial charge in [0, 0.05) is 34.9 Å². The molecule has 6 rings (SSSR count). The molecule has 0 atom stereocenters. The number of hydrogen-bond donors (Lipinski definition) is 2. The van der Waals surface area contributed by atoms with Crippen molar-refractivity contribution < 1.29 is 19.1 Å². The van der Waals surface area contributed by atoms with E-state index < -0.39 is 5.97 Å². The van der Waals surface area contributed by atoms with Crippen LogP contribution in [0.25, 0.3) is 33.7 Å². The second kappa shape index (κ2) is 12.1. The maximum absolute atomic E-state index is 11.5. The van der Waals surface area contributed by atoms with E-state index in [0.717, 1.165) is 54.7 Å².